The number of carboxylic acids is 1. The second kappa shape index (κ2) is 13.0. The molecule has 0 rings (SSSR count). The van der Waals surface area contributed by atoms with E-state index >= 15 is 0 Å². The number of hydrogen-bond donors (Lipinski definition) is 6. The van der Waals surface area contributed by atoms with Gasteiger partial charge in [-0.1, -0.05) is 36.8 Å². The van der Waals surface area contributed by atoms with Crippen molar-refractivity contribution in [1.29, 1.82) is 0 Å². The van der Waals surface area contributed by atoms with E-state index in [0.29, 0.717) is 0 Å². The van der Waals surface area contributed by atoms with Gasteiger partial charge in [0.05, 0.1) is 6.61 Å². The Balaban J connectivity index is 0. The Morgan fingerprint density at radius 1 is 1.15 bits per heavy atom. The van der Waals surface area contributed by atoms with Crippen molar-refractivity contribution < 1.29 is 35.4 Å². The van der Waals surface area contributed by atoms with E-state index in [1.165, 1.54) is 5.54 Å². The third-order valence-corrected chi connectivity index (χ3v) is 2.21. The molecule has 0 aromatic heterocycles. The predicted octanol–water partition coefficient (Wildman–Crippen LogP) is -0.788. The second-order valence-corrected chi connectivity index (χ2v) is 3.92. The first-order valence-electron chi connectivity index (χ1n) is 5.81. The van der Waals surface area contributed by atoms with Gasteiger partial charge in [-0.25, -0.2) is 4.79 Å². The largest absolute Gasteiger partial charge is 0.479 e. The lowest BCUT2D eigenvalue weighted by Gasteiger charge is -2.23. The van der Waals surface area contributed by atoms with Crippen molar-refractivity contribution in [2.45, 2.75) is 37.8 Å². The molecule has 7 nitrogen and oxygen atoms in total. The van der Waals surface area contributed by atoms with Crippen LogP contribution in [0.5, 0.6) is 0 Å². The van der Waals surface area contributed by atoms with E-state index in [2.05, 4.69) is 6.92 Å². The molecule has 0 aliphatic rings. The summed E-state index contributed by atoms with van der Waals surface area (Å²) < 4.78 is 0. The van der Waals surface area contributed by atoms with Gasteiger partial charge >= 0.3 is 5.97 Å². The molecule has 0 bridgehead atoms. The number of rotatable bonds is 7. The average Bonchev–Trinajstić information content (AvgIpc) is 2.45. The Kier molecular flexibility index (Phi) is 13.9. The van der Waals surface area contributed by atoms with Gasteiger partial charge in [0.25, 0.3) is 0 Å². The van der Waals surface area contributed by atoms with Crippen LogP contribution < -0.4 is 0 Å². The summed E-state index contributed by atoms with van der Waals surface area (Å²) in [6, 6.07) is 0. The summed E-state index contributed by atoms with van der Waals surface area (Å²) in [5, 5.41) is 51.8. The smallest absolute Gasteiger partial charge is 0.335 e. The van der Waals surface area contributed by atoms with E-state index in [0.717, 1.165) is 6.42 Å². The average molecular weight is 313 g/mol. The number of aliphatic carboxylic acids is 1. The van der Waals surface area contributed by atoms with E-state index < -0.39 is 37.0 Å². The fraction of sp³-hybridized carbons (Fsp3) is 0.583. The van der Waals surface area contributed by atoms with E-state index in [1.54, 1.807) is 6.08 Å². The standard InChI is InChI=1S/C6H9Cl.C6H12O7/c1-2-3-4-5-6-7;7-1-2(8)3(9)4(10)5(11)6(12)13/h3-6H,2H2,1H3;2-5,7-11H,1H2,(H,12,13)/b4-3+,6-5+;/t;2-,3-,4+,5-/m.1/s1. The van der Waals surface area contributed by atoms with Gasteiger partial charge in [0.1, 0.15) is 18.3 Å². The molecule has 0 radical (unpaired) electrons. The first-order chi connectivity index (χ1) is 9.33. The zero-order chi connectivity index (χ0) is 16.1. The van der Waals surface area contributed by atoms with Gasteiger partial charge in [-0.15, -0.1) is 0 Å². The van der Waals surface area contributed by atoms with E-state index in [-0.39, 0.29) is 0 Å². The molecule has 0 aromatic rings. The van der Waals surface area contributed by atoms with Crippen LogP contribution in [-0.2, 0) is 4.79 Å². The quantitative estimate of drug-likeness (QED) is 0.339. The van der Waals surface area contributed by atoms with Crippen LogP contribution in [-0.4, -0.2) is 67.6 Å². The molecule has 0 amide bonds. The normalized spacial score (nSPS) is 17.4. The Bertz CT molecular complexity index is 306. The van der Waals surface area contributed by atoms with Crippen LogP contribution in [0.3, 0.4) is 0 Å². The molecular formula is C12H21ClO7. The van der Waals surface area contributed by atoms with Crippen molar-refractivity contribution in [1.82, 2.24) is 0 Å². The molecule has 0 spiro atoms. The van der Waals surface area contributed by atoms with Gasteiger partial charge in [-0.05, 0) is 6.42 Å². The monoisotopic (exact) mass is 312 g/mol. The Morgan fingerprint density at radius 3 is 2.05 bits per heavy atom. The van der Waals surface area contributed by atoms with Crippen molar-refractivity contribution in [3.8, 4) is 0 Å². The number of carboxylic acid groups (broad SMARTS) is 1. The molecule has 0 saturated carbocycles. The summed E-state index contributed by atoms with van der Waals surface area (Å²) in [4.78, 5) is 10.1. The second-order valence-electron chi connectivity index (χ2n) is 3.67. The van der Waals surface area contributed by atoms with E-state index in [4.69, 9.17) is 42.2 Å². The lowest BCUT2D eigenvalue weighted by atomic mass is 10.0. The maximum Gasteiger partial charge on any atom is 0.335 e. The van der Waals surface area contributed by atoms with Gasteiger partial charge in [0, 0.05) is 5.54 Å². The summed E-state index contributed by atoms with van der Waals surface area (Å²) >= 11 is 5.21. The summed E-state index contributed by atoms with van der Waals surface area (Å²) in [6.45, 7) is 1.24. The molecule has 118 valence electrons. The zero-order valence-electron chi connectivity index (χ0n) is 11.0. The Labute approximate surface area is 122 Å². The van der Waals surface area contributed by atoms with Crippen LogP contribution in [0.4, 0.5) is 0 Å². The minimum absolute atomic E-state index is 0.843. The fourth-order valence-corrected chi connectivity index (χ4v) is 1.01. The third-order valence-electron chi connectivity index (χ3n) is 2.06. The van der Waals surface area contributed by atoms with Crippen molar-refractivity contribution in [3.05, 3.63) is 23.8 Å². The third kappa shape index (κ3) is 9.90. The molecule has 0 aromatic carbocycles. The number of halogens is 1. The molecule has 8 heteroatoms. The van der Waals surface area contributed by atoms with E-state index in [1.807, 2.05) is 12.2 Å². The molecule has 0 heterocycles. The molecule has 0 unspecified atom stereocenters. The highest BCUT2D eigenvalue weighted by molar-refractivity contribution is 6.25. The number of allylic oxidation sites excluding steroid dienone is 3. The lowest BCUT2D eigenvalue weighted by molar-refractivity contribution is -0.164. The summed E-state index contributed by atoms with van der Waals surface area (Å²) in [7, 11) is 0. The predicted molar refractivity (Wildman–Crippen MR) is 73.2 cm³/mol. The molecular weight excluding hydrogens is 292 g/mol. The summed E-state index contributed by atoms with van der Waals surface area (Å²) in [5.41, 5.74) is 1.49. The highest BCUT2D eigenvalue weighted by Crippen LogP contribution is 2.04. The first kappa shape index (κ1) is 21.3. The van der Waals surface area contributed by atoms with Gasteiger partial charge in [0.15, 0.2) is 6.10 Å². The number of carbonyl (C=O) groups is 1. The SMILES string of the molecule is CC/C=C/C=C/Cl.O=C(O)[C@H](O)[C@@H](O)[C@H](O)[C@H](O)CO. The van der Waals surface area contributed by atoms with Crippen molar-refractivity contribution in [2.75, 3.05) is 6.61 Å². The van der Waals surface area contributed by atoms with Gasteiger partial charge in [0.2, 0.25) is 0 Å². The van der Waals surface area contributed by atoms with Gasteiger partial charge in [-0.3, -0.25) is 0 Å². The zero-order valence-corrected chi connectivity index (χ0v) is 11.8. The van der Waals surface area contributed by atoms with Gasteiger partial charge in [-0.2, -0.15) is 0 Å². The molecule has 0 aliphatic carbocycles. The van der Waals surface area contributed by atoms with Crippen LogP contribution in [0.15, 0.2) is 23.8 Å². The van der Waals surface area contributed by atoms with Crippen LogP contribution in [0, 0.1) is 0 Å². The minimum atomic E-state index is -2.20. The maximum absolute atomic E-state index is 10.1. The minimum Gasteiger partial charge on any atom is -0.479 e. The molecule has 0 saturated heterocycles. The summed E-state index contributed by atoms with van der Waals surface area (Å²) in [6.07, 6.45) is -1.01. The highest BCUT2D eigenvalue weighted by Gasteiger charge is 2.33. The topological polar surface area (TPSA) is 138 Å². The summed E-state index contributed by atoms with van der Waals surface area (Å²) in [5.74, 6) is -1.73. The molecule has 0 fully saturated rings. The van der Waals surface area contributed by atoms with Crippen molar-refractivity contribution in [2.24, 2.45) is 0 Å². The molecule has 0 aliphatic heterocycles. The Hall–Kier alpha value is -0.960. The van der Waals surface area contributed by atoms with Crippen LogP contribution in [0.1, 0.15) is 13.3 Å². The number of aliphatic hydroxyl groups excluding tert-OH is 5. The van der Waals surface area contributed by atoms with E-state index in [9.17, 15) is 4.79 Å². The molecule has 20 heavy (non-hydrogen) atoms. The van der Waals surface area contributed by atoms with Crippen LogP contribution in [0.25, 0.3) is 0 Å². The highest BCUT2D eigenvalue weighted by atomic mass is 35.5. The fourth-order valence-electron chi connectivity index (χ4n) is 0.925. The van der Waals surface area contributed by atoms with Crippen LogP contribution >= 0.6 is 11.6 Å². The van der Waals surface area contributed by atoms with Crippen molar-refractivity contribution >= 4 is 17.6 Å². The lowest BCUT2D eigenvalue weighted by Crippen LogP contribution is -2.48. The van der Waals surface area contributed by atoms with Crippen LogP contribution in [0.2, 0.25) is 0 Å². The molecule has 4 atom stereocenters. The number of hydrogen-bond acceptors (Lipinski definition) is 6. The Morgan fingerprint density at radius 2 is 1.70 bits per heavy atom. The first-order valence-corrected chi connectivity index (χ1v) is 6.24. The maximum atomic E-state index is 10.1. The van der Waals surface area contributed by atoms with Gasteiger partial charge < -0.3 is 30.6 Å². The van der Waals surface area contributed by atoms with Crippen molar-refractivity contribution in [3.63, 3.8) is 0 Å². The number of aliphatic hydroxyl groups is 5. The molecule has 6 N–H and O–H groups in total.